The molecule has 142 valence electrons. The summed E-state index contributed by atoms with van der Waals surface area (Å²) in [4.78, 5) is 0. The van der Waals surface area contributed by atoms with E-state index < -0.39 is 15.6 Å². The molecule has 4 rings (SSSR count). The molecule has 0 aromatic heterocycles. The first-order valence-corrected chi connectivity index (χ1v) is 9.69. The van der Waals surface area contributed by atoms with Gasteiger partial charge >= 0.3 is 15.6 Å². The van der Waals surface area contributed by atoms with E-state index >= 15 is 0 Å². The van der Waals surface area contributed by atoms with Crippen molar-refractivity contribution in [1.29, 1.82) is 0 Å². The summed E-state index contributed by atoms with van der Waals surface area (Å²) in [6.45, 7) is 0. The highest BCUT2D eigenvalue weighted by molar-refractivity contribution is 7.88. The summed E-state index contributed by atoms with van der Waals surface area (Å²) < 4.78 is 65.6. The van der Waals surface area contributed by atoms with E-state index in [1.165, 1.54) is 12.1 Å². The zero-order chi connectivity index (χ0) is 19.9. The Bertz CT molecular complexity index is 1290. The second-order valence-corrected chi connectivity index (χ2v) is 7.74. The van der Waals surface area contributed by atoms with E-state index in [4.69, 9.17) is 0 Å². The summed E-state index contributed by atoms with van der Waals surface area (Å²) in [5.41, 5.74) is -4.15. The smallest absolute Gasteiger partial charge is 0.376 e. The van der Waals surface area contributed by atoms with Gasteiger partial charge in [-0.2, -0.15) is 21.6 Å². The highest BCUT2D eigenvalue weighted by atomic mass is 32.2. The summed E-state index contributed by atoms with van der Waals surface area (Å²) in [5.74, 6) is -0.390. The molecule has 28 heavy (non-hydrogen) atoms. The number of hydrogen-bond acceptors (Lipinski definition) is 3. The van der Waals surface area contributed by atoms with Gasteiger partial charge in [0.05, 0.1) is 0 Å². The third-order valence-electron chi connectivity index (χ3n) is 4.40. The first kappa shape index (κ1) is 18.3. The third kappa shape index (κ3) is 3.18. The zero-order valence-corrected chi connectivity index (χ0v) is 15.1. The van der Waals surface area contributed by atoms with Gasteiger partial charge in [-0.1, -0.05) is 66.7 Å². The maximum atomic E-state index is 12.8. The Morgan fingerprint density at radius 3 is 1.93 bits per heavy atom. The first-order valence-electron chi connectivity index (χ1n) is 8.28. The summed E-state index contributed by atoms with van der Waals surface area (Å²) in [6.07, 6.45) is 0. The maximum absolute atomic E-state index is 12.8. The molecule has 0 N–H and O–H groups in total. The molecule has 0 heterocycles. The van der Waals surface area contributed by atoms with E-state index in [0.717, 1.165) is 21.7 Å². The van der Waals surface area contributed by atoms with Crippen LogP contribution in [0.15, 0.2) is 78.9 Å². The lowest BCUT2D eigenvalue weighted by Gasteiger charge is -2.14. The fraction of sp³-hybridized carbons (Fsp3) is 0.0476. The number of benzene rings is 4. The lowest BCUT2D eigenvalue weighted by molar-refractivity contribution is -0.0500. The van der Waals surface area contributed by atoms with Gasteiger partial charge in [0.25, 0.3) is 0 Å². The number of alkyl halides is 3. The van der Waals surface area contributed by atoms with Crippen molar-refractivity contribution in [2.24, 2.45) is 0 Å². The molecular weight excluding hydrogens is 389 g/mol. The highest BCUT2D eigenvalue weighted by Gasteiger charge is 2.48. The Labute approximate surface area is 159 Å². The minimum atomic E-state index is -5.76. The van der Waals surface area contributed by atoms with Crippen molar-refractivity contribution in [2.45, 2.75) is 5.51 Å². The van der Waals surface area contributed by atoms with Crippen LogP contribution in [-0.4, -0.2) is 13.9 Å². The summed E-state index contributed by atoms with van der Waals surface area (Å²) >= 11 is 0. The van der Waals surface area contributed by atoms with Gasteiger partial charge in [0.15, 0.2) is 0 Å². The van der Waals surface area contributed by atoms with Crippen LogP contribution in [0.5, 0.6) is 5.75 Å². The van der Waals surface area contributed by atoms with Crippen LogP contribution in [0.2, 0.25) is 0 Å². The topological polar surface area (TPSA) is 43.4 Å². The lowest BCUT2D eigenvalue weighted by Crippen LogP contribution is -2.28. The lowest BCUT2D eigenvalue weighted by atomic mass is 9.94. The van der Waals surface area contributed by atoms with Gasteiger partial charge in [-0.3, -0.25) is 0 Å². The summed E-state index contributed by atoms with van der Waals surface area (Å²) in [5, 5.41) is 3.19. The molecule has 0 aliphatic rings. The van der Waals surface area contributed by atoms with Crippen molar-refractivity contribution in [3.8, 4) is 16.9 Å². The molecule has 0 atom stereocenters. The second kappa shape index (κ2) is 6.53. The van der Waals surface area contributed by atoms with Gasteiger partial charge in [0, 0.05) is 0 Å². The van der Waals surface area contributed by atoms with E-state index in [0.29, 0.717) is 10.9 Å². The SMILES string of the molecule is O=S(=O)(Oc1cc(-c2cccc3ccccc23)c2ccccc2c1)C(F)(F)F. The van der Waals surface area contributed by atoms with Crippen LogP contribution in [0, 0.1) is 0 Å². The van der Waals surface area contributed by atoms with E-state index in [1.807, 2.05) is 54.6 Å². The van der Waals surface area contributed by atoms with Crippen molar-refractivity contribution < 1.29 is 25.8 Å². The third-order valence-corrected chi connectivity index (χ3v) is 5.38. The van der Waals surface area contributed by atoms with Crippen molar-refractivity contribution in [3.05, 3.63) is 78.9 Å². The molecule has 0 bridgehead atoms. The Morgan fingerprint density at radius 1 is 0.679 bits per heavy atom. The molecule has 0 radical (unpaired) electrons. The van der Waals surface area contributed by atoms with Gasteiger partial charge in [0.1, 0.15) is 5.75 Å². The van der Waals surface area contributed by atoms with E-state index in [2.05, 4.69) is 4.18 Å². The summed E-state index contributed by atoms with van der Waals surface area (Å²) in [6, 6.07) is 22.8. The molecule has 0 spiro atoms. The molecule has 7 heteroatoms. The molecule has 0 amide bonds. The van der Waals surface area contributed by atoms with E-state index in [1.54, 1.807) is 12.1 Å². The molecule has 0 saturated carbocycles. The standard InChI is InChI=1S/C21H13F3O3S/c22-21(23,24)28(25,26)27-16-12-15-7-2-4-10-18(15)20(13-16)19-11-5-8-14-6-1-3-9-17(14)19/h1-13H. The fourth-order valence-corrected chi connectivity index (χ4v) is 3.63. The largest absolute Gasteiger partial charge is 0.534 e. The van der Waals surface area contributed by atoms with Gasteiger partial charge in [-0.15, -0.1) is 0 Å². The van der Waals surface area contributed by atoms with Crippen molar-refractivity contribution in [2.75, 3.05) is 0 Å². The van der Waals surface area contributed by atoms with Crippen LogP contribution < -0.4 is 4.18 Å². The molecule has 0 aliphatic heterocycles. The Hall–Kier alpha value is -3.06. The number of hydrogen-bond donors (Lipinski definition) is 0. The van der Waals surface area contributed by atoms with Crippen LogP contribution in [0.25, 0.3) is 32.7 Å². The maximum Gasteiger partial charge on any atom is 0.534 e. The molecular formula is C21H13F3O3S. The first-order chi connectivity index (χ1) is 13.3. The van der Waals surface area contributed by atoms with Gasteiger partial charge in [0.2, 0.25) is 0 Å². The average Bonchev–Trinajstić information content (AvgIpc) is 2.66. The Kier molecular flexibility index (Phi) is 4.27. The van der Waals surface area contributed by atoms with Crippen molar-refractivity contribution in [3.63, 3.8) is 0 Å². The highest BCUT2D eigenvalue weighted by Crippen LogP contribution is 2.38. The molecule has 0 unspecified atom stereocenters. The molecule has 4 aromatic carbocycles. The van der Waals surface area contributed by atoms with Crippen molar-refractivity contribution in [1.82, 2.24) is 0 Å². The molecule has 3 nitrogen and oxygen atoms in total. The minimum Gasteiger partial charge on any atom is -0.376 e. The quantitative estimate of drug-likeness (QED) is 0.317. The number of rotatable bonds is 3. The minimum absolute atomic E-state index is 0.390. The monoisotopic (exact) mass is 402 g/mol. The molecule has 4 aromatic rings. The van der Waals surface area contributed by atoms with Gasteiger partial charge < -0.3 is 4.18 Å². The Balaban J connectivity index is 1.98. The van der Waals surface area contributed by atoms with Crippen LogP contribution in [-0.2, 0) is 10.1 Å². The van der Waals surface area contributed by atoms with Crippen LogP contribution in [0.1, 0.15) is 0 Å². The molecule has 0 fully saturated rings. The average molecular weight is 402 g/mol. The van der Waals surface area contributed by atoms with Crippen LogP contribution in [0.3, 0.4) is 0 Å². The molecule has 0 saturated heterocycles. The van der Waals surface area contributed by atoms with Crippen molar-refractivity contribution >= 4 is 31.7 Å². The van der Waals surface area contributed by atoms with E-state index in [9.17, 15) is 21.6 Å². The zero-order valence-electron chi connectivity index (χ0n) is 14.3. The fourth-order valence-electron chi connectivity index (χ4n) is 3.19. The van der Waals surface area contributed by atoms with Crippen LogP contribution in [0.4, 0.5) is 13.2 Å². The predicted octanol–water partition coefficient (Wildman–Crippen LogP) is 5.89. The predicted molar refractivity (Wildman–Crippen MR) is 102 cm³/mol. The molecule has 0 aliphatic carbocycles. The Morgan fingerprint density at radius 2 is 1.25 bits per heavy atom. The van der Waals surface area contributed by atoms with Crippen LogP contribution >= 0.6 is 0 Å². The summed E-state index contributed by atoms with van der Waals surface area (Å²) in [7, 11) is -5.76. The van der Waals surface area contributed by atoms with E-state index in [-0.39, 0.29) is 5.75 Å². The number of fused-ring (bicyclic) bond motifs is 2. The number of halogens is 3. The second-order valence-electron chi connectivity index (χ2n) is 6.20. The van der Waals surface area contributed by atoms with Gasteiger partial charge in [-0.05, 0) is 44.8 Å². The normalized spacial score (nSPS) is 12.4. The van der Waals surface area contributed by atoms with Gasteiger partial charge in [-0.25, -0.2) is 0 Å².